The van der Waals surface area contributed by atoms with Gasteiger partial charge in [0, 0.05) is 42.3 Å². The number of hydrogen-bond acceptors (Lipinski definition) is 4. The van der Waals surface area contributed by atoms with Gasteiger partial charge >= 0.3 is 0 Å². The zero-order valence-electron chi connectivity index (χ0n) is 16.3. The van der Waals surface area contributed by atoms with Crippen molar-refractivity contribution in [2.45, 2.75) is 6.54 Å². The maximum Gasteiger partial charge on any atom is 0.258 e. The zero-order valence-corrected chi connectivity index (χ0v) is 17.1. The van der Waals surface area contributed by atoms with Crippen molar-refractivity contribution in [3.63, 3.8) is 0 Å². The lowest BCUT2D eigenvalue weighted by Crippen LogP contribution is -2.28. The molecule has 4 rings (SSSR count). The summed E-state index contributed by atoms with van der Waals surface area (Å²) in [7, 11) is 0. The van der Waals surface area contributed by atoms with Crippen LogP contribution in [-0.4, -0.2) is 27.3 Å². The predicted octanol–water partition coefficient (Wildman–Crippen LogP) is 4.42. The highest BCUT2D eigenvalue weighted by Crippen LogP contribution is 2.23. The summed E-state index contributed by atoms with van der Waals surface area (Å²) in [5.41, 5.74) is 3.39. The molecular weight excluding hydrogens is 419 g/mol. The molecule has 8 heteroatoms. The van der Waals surface area contributed by atoms with E-state index in [4.69, 9.17) is 21.4 Å². The van der Waals surface area contributed by atoms with Crippen LogP contribution in [0.3, 0.4) is 0 Å². The number of benzene rings is 2. The van der Waals surface area contributed by atoms with Crippen LogP contribution in [0.5, 0.6) is 5.75 Å². The molecule has 1 amide bonds. The third-order valence-electron chi connectivity index (χ3n) is 4.50. The van der Waals surface area contributed by atoms with Gasteiger partial charge in [0.15, 0.2) is 6.61 Å². The molecule has 0 fully saturated rings. The van der Waals surface area contributed by atoms with Gasteiger partial charge in [-0.25, -0.2) is 9.07 Å². The van der Waals surface area contributed by atoms with Crippen LogP contribution >= 0.6 is 11.6 Å². The number of nitrogens with one attached hydrogen (secondary N) is 1. The molecule has 0 atom stereocenters. The second kappa shape index (κ2) is 9.40. The SMILES string of the molecule is O=C(COc1ccc(F)c(Cl)c1)NCc1cn(-c2ccccc2)nc1-c1ccncc1. The molecular formula is C23H18ClFN4O2. The molecule has 0 aliphatic carbocycles. The minimum atomic E-state index is -0.544. The molecule has 4 aromatic rings. The van der Waals surface area contributed by atoms with Crippen LogP contribution in [-0.2, 0) is 11.3 Å². The topological polar surface area (TPSA) is 69.0 Å². The maximum atomic E-state index is 13.2. The first kappa shape index (κ1) is 20.6. The van der Waals surface area contributed by atoms with E-state index < -0.39 is 5.82 Å². The molecule has 31 heavy (non-hydrogen) atoms. The van der Waals surface area contributed by atoms with Crippen molar-refractivity contribution in [1.29, 1.82) is 0 Å². The Morgan fingerprint density at radius 1 is 1.10 bits per heavy atom. The van der Waals surface area contributed by atoms with Crippen molar-refractivity contribution in [3.05, 3.63) is 95.7 Å². The minimum Gasteiger partial charge on any atom is -0.484 e. The number of halogens is 2. The van der Waals surface area contributed by atoms with Crippen molar-refractivity contribution in [2.75, 3.05) is 6.61 Å². The van der Waals surface area contributed by atoms with Crippen LogP contribution in [0.25, 0.3) is 16.9 Å². The Hall–Kier alpha value is -3.71. The van der Waals surface area contributed by atoms with Crippen molar-refractivity contribution < 1.29 is 13.9 Å². The normalized spacial score (nSPS) is 10.6. The lowest BCUT2D eigenvalue weighted by atomic mass is 10.1. The summed E-state index contributed by atoms with van der Waals surface area (Å²) < 4.78 is 20.4. The molecule has 0 bridgehead atoms. The van der Waals surface area contributed by atoms with Crippen LogP contribution < -0.4 is 10.1 Å². The van der Waals surface area contributed by atoms with Crippen molar-refractivity contribution in [2.24, 2.45) is 0 Å². The number of pyridine rings is 1. The highest BCUT2D eigenvalue weighted by atomic mass is 35.5. The van der Waals surface area contributed by atoms with Crippen molar-refractivity contribution in [3.8, 4) is 22.7 Å². The van der Waals surface area contributed by atoms with Crippen LogP contribution in [0.4, 0.5) is 4.39 Å². The maximum absolute atomic E-state index is 13.2. The average Bonchev–Trinajstić information content (AvgIpc) is 3.24. The molecule has 1 N–H and O–H groups in total. The second-order valence-electron chi connectivity index (χ2n) is 6.66. The second-order valence-corrected chi connectivity index (χ2v) is 7.07. The highest BCUT2D eigenvalue weighted by Gasteiger charge is 2.14. The lowest BCUT2D eigenvalue weighted by molar-refractivity contribution is -0.123. The molecule has 6 nitrogen and oxygen atoms in total. The van der Waals surface area contributed by atoms with Crippen LogP contribution in [0.1, 0.15) is 5.56 Å². The van der Waals surface area contributed by atoms with E-state index >= 15 is 0 Å². The summed E-state index contributed by atoms with van der Waals surface area (Å²) in [6, 6.07) is 17.4. The lowest BCUT2D eigenvalue weighted by Gasteiger charge is -2.08. The van der Waals surface area contributed by atoms with Gasteiger partial charge in [-0.3, -0.25) is 9.78 Å². The summed E-state index contributed by atoms with van der Waals surface area (Å²) in [5.74, 6) is -0.554. The minimum absolute atomic E-state index is 0.0618. The van der Waals surface area contributed by atoms with Crippen molar-refractivity contribution in [1.82, 2.24) is 20.1 Å². The number of amides is 1. The van der Waals surface area contributed by atoms with Gasteiger partial charge in [-0.2, -0.15) is 5.10 Å². The Bertz CT molecular complexity index is 1180. The fourth-order valence-corrected chi connectivity index (χ4v) is 3.14. The molecule has 0 aliphatic rings. The van der Waals surface area contributed by atoms with Gasteiger partial charge in [0.1, 0.15) is 11.6 Å². The first-order chi connectivity index (χ1) is 15.1. The van der Waals surface area contributed by atoms with Gasteiger partial charge in [0.05, 0.1) is 16.4 Å². The molecule has 0 spiro atoms. The molecule has 0 radical (unpaired) electrons. The Labute approximate surface area is 183 Å². The number of carbonyl (C=O) groups excluding carboxylic acids is 1. The Balaban J connectivity index is 1.47. The quantitative estimate of drug-likeness (QED) is 0.465. The number of ether oxygens (including phenoxy) is 1. The van der Waals surface area contributed by atoms with Gasteiger partial charge in [-0.1, -0.05) is 29.8 Å². The number of carbonyl (C=O) groups is 1. The number of nitrogens with zero attached hydrogens (tertiary/aromatic N) is 3. The van der Waals surface area contributed by atoms with Crippen LogP contribution in [0, 0.1) is 5.82 Å². The highest BCUT2D eigenvalue weighted by molar-refractivity contribution is 6.30. The van der Waals surface area contributed by atoms with E-state index in [-0.39, 0.29) is 24.1 Å². The number of aromatic nitrogens is 3. The van der Waals surface area contributed by atoms with E-state index in [9.17, 15) is 9.18 Å². The summed E-state index contributed by atoms with van der Waals surface area (Å²) in [6.07, 6.45) is 5.27. The third-order valence-corrected chi connectivity index (χ3v) is 4.79. The van der Waals surface area contributed by atoms with Gasteiger partial charge in [-0.05, 0) is 36.4 Å². The van der Waals surface area contributed by atoms with Crippen LogP contribution in [0.2, 0.25) is 5.02 Å². The van der Waals surface area contributed by atoms with E-state index in [2.05, 4.69) is 10.3 Å². The van der Waals surface area contributed by atoms with E-state index in [1.165, 1.54) is 18.2 Å². The first-order valence-corrected chi connectivity index (χ1v) is 9.87. The largest absolute Gasteiger partial charge is 0.484 e. The predicted molar refractivity (Wildman–Crippen MR) is 116 cm³/mol. The molecule has 2 heterocycles. The van der Waals surface area contributed by atoms with Crippen molar-refractivity contribution >= 4 is 17.5 Å². The molecule has 2 aromatic carbocycles. The fourth-order valence-electron chi connectivity index (χ4n) is 2.97. The molecule has 0 saturated heterocycles. The Morgan fingerprint density at radius 2 is 1.87 bits per heavy atom. The Morgan fingerprint density at radius 3 is 2.61 bits per heavy atom. The van der Waals surface area contributed by atoms with Gasteiger partial charge in [0.25, 0.3) is 5.91 Å². The summed E-state index contributed by atoms with van der Waals surface area (Å²) in [6.45, 7) is 0.0379. The standard InChI is InChI=1S/C23H18ClFN4O2/c24-20-12-19(6-7-21(20)25)31-15-22(30)27-13-17-14-29(18-4-2-1-3-5-18)28-23(17)16-8-10-26-11-9-16/h1-12,14H,13,15H2,(H,27,30). The number of rotatable bonds is 7. The summed E-state index contributed by atoms with van der Waals surface area (Å²) >= 11 is 5.73. The molecule has 0 saturated carbocycles. The summed E-state index contributed by atoms with van der Waals surface area (Å²) in [4.78, 5) is 16.3. The third kappa shape index (κ3) is 5.07. The van der Waals surface area contributed by atoms with Crippen LogP contribution in [0.15, 0.2) is 79.3 Å². The molecule has 2 aromatic heterocycles. The monoisotopic (exact) mass is 436 g/mol. The summed E-state index contributed by atoms with van der Waals surface area (Å²) in [5, 5.41) is 7.46. The van der Waals surface area contributed by atoms with E-state index in [0.717, 1.165) is 22.5 Å². The van der Waals surface area contributed by atoms with E-state index in [0.29, 0.717) is 5.75 Å². The van der Waals surface area contributed by atoms with E-state index in [1.807, 2.05) is 48.7 Å². The van der Waals surface area contributed by atoms with E-state index in [1.54, 1.807) is 17.1 Å². The average molecular weight is 437 g/mol. The van der Waals surface area contributed by atoms with Gasteiger partial charge in [-0.15, -0.1) is 0 Å². The number of para-hydroxylation sites is 1. The fraction of sp³-hybridized carbons (Fsp3) is 0.0870. The molecule has 0 unspecified atom stereocenters. The zero-order chi connectivity index (χ0) is 21.6. The number of hydrogen-bond donors (Lipinski definition) is 1. The molecule has 156 valence electrons. The smallest absolute Gasteiger partial charge is 0.258 e. The first-order valence-electron chi connectivity index (χ1n) is 9.49. The Kier molecular flexibility index (Phi) is 6.24. The van der Waals surface area contributed by atoms with Gasteiger partial charge in [0.2, 0.25) is 0 Å². The molecule has 0 aliphatic heterocycles. The van der Waals surface area contributed by atoms with Gasteiger partial charge < -0.3 is 10.1 Å².